The first-order valence-corrected chi connectivity index (χ1v) is 6.46. The Morgan fingerprint density at radius 2 is 2.20 bits per heavy atom. The lowest BCUT2D eigenvalue weighted by molar-refractivity contribution is 0.573. The summed E-state index contributed by atoms with van der Waals surface area (Å²) in [5, 5.41) is 14.5. The molecule has 0 fully saturated rings. The number of nitrogens with zero attached hydrogens (tertiary/aromatic N) is 5. The standard InChI is InChI=1S/C12H9BrN6O/c13-9-3-1-2-8(6-9)11-5-4-10(20-11)7-15-19-12(14)16-17-18-19/h1-7H,(H2,14,16,18)/b15-7-. The predicted octanol–water partition coefficient (Wildman–Crippen LogP) is 2.16. The molecular formula is C12H9BrN6O. The highest BCUT2D eigenvalue weighted by Crippen LogP contribution is 2.24. The topological polar surface area (TPSA) is 95.1 Å². The van der Waals surface area contributed by atoms with E-state index in [0.29, 0.717) is 5.76 Å². The first-order valence-electron chi connectivity index (χ1n) is 5.66. The normalized spacial score (nSPS) is 11.2. The van der Waals surface area contributed by atoms with Crippen molar-refractivity contribution in [1.82, 2.24) is 20.3 Å². The van der Waals surface area contributed by atoms with Gasteiger partial charge in [0.1, 0.15) is 11.5 Å². The van der Waals surface area contributed by atoms with E-state index >= 15 is 0 Å². The molecule has 8 heteroatoms. The van der Waals surface area contributed by atoms with E-state index in [1.54, 1.807) is 6.07 Å². The van der Waals surface area contributed by atoms with E-state index in [1.807, 2.05) is 30.3 Å². The lowest BCUT2D eigenvalue weighted by Gasteiger charge is -1.97. The van der Waals surface area contributed by atoms with Crippen LogP contribution in [0.1, 0.15) is 5.76 Å². The van der Waals surface area contributed by atoms with Crippen LogP contribution in [0.25, 0.3) is 11.3 Å². The molecule has 0 radical (unpaired) electrons. The molecule has 20 heavy (non-hydrogen) atoms. The number of tetrazole rings is 1. The van der Waals surface area contributed by atoms with Crippen LogP contribution < -0.4 is 5.73 Å². The van der Waals surface area contributed by atoms with E-state index in [2.05, 4.69) is 36.6 Å². The van der Waals surface area contributed by atoms with E-state index in [1.165, 1.54) is 6.21 Å². The van der Waals surface area contributed by atoms with Gasteiger partial charge < -0.3 is 10.2 Å². The monoisotopic (exact) mass is 332 g/mol. The van der Waals surface area contributed by atoms with Crippen molar-refractivity contribution in [1.29, 1.82) is 0 Å². The molecule has 7 nitrogen and oxygen atoms in total. The highest BCUT2D eigenvalue weighted by molar-refractivity contribution is 9.10. The molecular weight excluding hydrogens is 324 g/mol. The first kappa shape index (κ1) is 12.5. The third-order valence-electron chi connectivity index (χ3n) is 2.51. The molecule has 0 unspecified atom stereocenters. The number of hydrogen-bond acceptors (Lipinski definition) is 6. The number of nitrogen functional groups attached to an aromatic ring is 1. The summed E-state index contributed by atoms with van der Waals surface area (Å²) in [6.45, 7) is 0. The molecule has 0 aliphatic heterocycles. The Balaban J connectivity index is 1.84. The summed E-state index contributed by atoms with van der Waals surface area (Å²) in [6.07, 6.45) is 1.49. The van der Waals surface area contributed by atoms with Gasteiger partial charge in [0, 0.05) is 10.0 Å². The van der Waals surface area contributed by atoms with Crippen LogP contribution in [0, 0.1) is 0 Å². The highest BCUT2D eigenvalue weighted by atomic mass is 79.9. The molecule has 3 aromatic rings. The Morgan fingerprint density at radius 1 is 1.30 bits per heavy atom. The van der Waals surface area contributed by atoms with Crippen LogP contribution in [0.4, 0.5) is 5.95 Å². The summed E-state index contributed by atoms with van der Waals surface area (Å²) in [5.74, 6) is 1.44. The van der Waals surface area contributed by atoms with Crippen LogP contribution in [-0.4, -0.2) is 26.5 Å². The smallest absolute Gasteiger partial charge is 0.263 e. The van der Waals surface area contributed by atoms with E-state index < -0.39 is 0 Å². The van der Waals surface area contributed by atoms with Crippen molar-refractivity contribution >= 4 is 28.1 Å². The molecule has 2 N–H and O–H groups in total. The summed E-state index contributed by atoms with van der Waals surface area (Å²) < 4.78 is 6.66. The van der Waals surface area contributed by atoms with Crippen molar-refractivity contribution in [2.45, 2.75) is 0 Å². The number of anilines is 1. The number of halogens is 1. The predicted molar refractivity (Wildman–Crippen MR) is 77.1 cm³/mol. The van der Waals surface area contributed by atoms with Gasteiger partial charge in [0.05, 0.1) is 6.21 Å². The number of furan rings is 1. The maximum atomic E-state index is 5.67. The Hall–Kier alpha value is -2.48. The van der Waals surface area contributed by atoms with Crippen LogP contribution in [0.5, 0.6) is 0 Å². The molecule has 0 atom stereocenters. The van der Waals surface area contributed by atoms with Gasteiger partial charge in [0.25, 0.3) is 5.95 Å². The van der Waals surface area contributed by atoms with Crippen LogP contribution >= 0.6 is 15.9 Å². The molecule has 0 saturated carbocycles. The lowest BCUT2D eigenvalue weighted by atomic mass is 10.2. The van der Waals surface area contributed by atoms with E-state index in [-0.39, 0.29) is 5.95 Å². The molecule has 2 heterocycles. The van der Waals surface area contributed by atoms with Gasteiger partial charge in [0.15, 0.2) is 0 Å². The molecule has 0 saturated heterocycles. The summed E-state index contributed by atoms with van der Waals surface area (Å²) >= 11 is 3.42. The van der Waals surface area contributed by atoms with E-state index in [4.69, 9.17) is 10.2 Å². The summed E-state index contributed by atoms with van der Waals surface area (Å²) in [5.41, 5.74) is 6.47. The molecule has 0 aliphatic carbocycles. The molecule has 0 bridgehead atoms. The van der Waals surface area contributed by atoms with Crippen LogP contribution in [-0.2, 0) is 0 Å². The average molecular weight is 333 g/mol. The number of benzene rings is 1. The van der Waals surface area contributed by atoms with Crippen LogP contribution in [0.3, 0.4) is 0 Å². The van der Waals surface area contributed by atoms with Gasteiger partial charge in [-0.1, -0.05) is 38.0 Å². The van der Waals surface area contributed by atoms with Gasteiger partial charge in [0.2, 0.25) is 0 Å². The quantitative estimate of drug-likeness (QED) is 0.741. The summed E-state index contributed by atoms with van der Waals surface area (Å²) in [4.78, 5) is 1.11. The van der Waals surface area contributed by atoms with Gasteiger partial charge in [-0.25, -0.2) is 0 Å². The van der Waals surface area contributed by atoms with Crippen molar-refractivity contribution in [3.05, 3.63) is 46.6 Å². The Kier molecular flexibility index (Phi) is 3.30. The van der Waals surface area contributed by atoms with Gasteiger partial charge in [-0.3, -0.25) is 0 Å². The first-order chi connectivity index (χ1) is 9.72. The maximum absolute atomic E-state index is 5.67. The lowest BCUT2D eigenvalue weighted by Crippen LogP contribution is -1.99. The minimum atomic E-state index is 0.111. The van der Waals surface area contributed by atoms with E-state index in [9.17, 15) is 0 Å². The zero-order valence-electron chi connectivity index (χ0n) is 10.1. The molecule has 1 aromatic carbocycles. The Morgan fingerprint density at radius 3 is 2.95 bits per heavy atom. The van der Waals surface area contributed by atoms with Crippen molar-refractivity contribution in [2.75, 3.05) is 5.73 Å². The van der Waals surface area contributed by atoms with Crippen molar-refractivity contribution in [2.24, 2.45) is 5.10 Å². The fourth-order valence-electron chi connectivity index (χ4n) is 1.60. The number of nitrogens with two attached hydrogens (primary N) is 1. The fourth-order valence-corrected chi connectivity index (χ4v) is 2.00. The van der Waals surface area contributed by atoms with Crippen molar-refractivity contribution in [3.63, 3.8) is 0 Å². The number of aromatic nitrogens is 4. The Bertz CT molecular complexity index is 763. The second-order valence-corrected chi connectivity index (χ2v) is 4.80. The number of rotatable bonds is 3. The van der Waals surface area contributed by atoms with Crippen LogP contribution in [0.2, 0.25) is 0 Å². The molecule has 100 valence electrons. The summed E-state index contributed by atoms with van der Waals surface area (Å²) in [7, 11) is 0. The second-order valence-electron chi connectivity index (χ2n) is 3.88. The van der Waals surface area contributed by atoms with E-state index in [0.717, 1.165) is 20.6 Å². The second kappa shape index (κ2) is 5.25. The average Bonchev–Trinajstić information content (AvgIpc) is 3.05. The number of hydrogen-bond donors (Lipinski definition) is 1. The molecule has 3 rings (SSSR count). The summed E-state index contributed by atoms with van der Waals surface area (Å²) in [6, 6.07) is 11.5. The largest absolute Gasteiger partial charge is 0.455 e. The Labute approximate surface area is 122 Å². The molecule has 0 aliphatic rings. The highest BCUT2D eigenvalue weighted by Gasteiger charge is 2.04. The fraction of sp³-hybridized carbons (Fsp3) is 0. The van der Waals surface area contributed by atoms with Gasteiger partial charge in [-0.2, -0.15) is 5.10 Å². The molecule has 0 spiro atoms. The van der Waals surface area contributed by atoms with Crippen LogP contribution in [0.15, 0.2) is 50.4 Å². The molecule has 0 amide bonds. The third kappa shape index (κ3) is 2.59. The van der Waals surface area contributed by atoms with Gasteiger partial charge in [-0.05, 0) is 34.7 Å². The zero-order chi connectivity index (χ0) is 13.9. The third-order valence-corrected chi connectivity index (χ3v) is 3.00. The zero-order valence-corrected chi connectivity index (χ0v) is 11.7. The minimum absolute atomic E-state index is 0.111. The van der Waals surface area contributed by atoms with Crippen molar-refractivity contribution < 1.29 is 4.42 Å². The maximum Gasteiger partial charge on any atom is 0.263 e. The van der Waals surface area contributed by atoms with Gasteiger partial charge >= 0.3 is 0 Å². The van der Waals surface area contributed by atoms with Crippen molar-refractivity contribution in [3.8, 4) is 11.3 Å². The molecule has 2 aromatic heterocycles. The van der Waals surface area contributed by atoms with Gasteiger partial charge in [-0.15, -0.1) is 0 Å². The minimum Gasteiger partial charge on any atom is -0.455 e. The SMILES string of the molecule is Nc1nnnn1/N=C\c1ccc(-c2cccc(Br)c2)o1.